The Kier molecular flexibility index (Phi) is 7.35. The number of carboxylic acids is 1. The molecular formula is C17H24N2O6. The molecule has 0 radical (unpaired) electrons. The molecule has 1 rings (SSSR count). The molecule has 0 heterocycles. The second kappa shape index (κ2) is 9.00. The van der Waals surface area contributed by atoms with Crippen LogP contribution in [-0.4, -0.2) is 27.7 Å². The summed E-state index contributed by atoms with van der Waals surface area (Å²) < 4.78 is 5.22. The van der Waals surface area contributed by atoms with E-state index in [-0.39, 0.29) is 12.1 Å². The lowest BCUT2D eigenvalue weighted by atomic mass is 9.99. The second-order valence-electron chi connectivity index (χ2n) is 6.65. The number of rotatable bonds is 8. The van der Waals surface area contributed by atoms with Crippen LogP contribution in [0.3, 0.4) is 0 Å². The third kappa shape index (κ3) is 7.65. The Bertz CT molecular complexity index is 624. The van der Waals surface area contributed by atoms with E-state index in [4.69, 9.17) is 9.84 Å². The molecule has 1 amide bonds. The molecule has 1 aromatic carbocycles. The molecule has 0 bridgehead atoms. The van der Waals surface area contributed by atoms with Crippen molar-refractivity contribution >= 4 is 17.7 Å². The molecule has 8 heteroatoms. The standard InChI is InChI=1S/C17H24N2O6/c1-17(2,3)25-16(22)18-13(9-5-7-11-15(20)21)12-8-4-6-10-14(12)19(23)24/h4,6,8,10,13H,5,7,9,11H2,1-3H3,(H,18,22)(H,20,21). The first-order valence-corrected chi connectivity index (χ1v) is 8.05. The summed E-state index contributed by atoms with van der Waals surface area (Å²) in [6, 6.07) is 5.53. The Balaban J connectivity index is 2.93. The molecule has 0 saturated heterocycles. The lowest BCUT2D eigenvalue weighted by Gasteiger charge is -2.24. The number of benzene rings is 1. The molecule has 1 atom stereocenters. The fourth-order valence-corrected chi connectivity index (χ4v) is 2.33. The number of nitro benzene ring substituents is 1. The second-order valence-corrected chi connectivity index (χ2v) is 6.65. The van der Waals surface area contributed by atoms with Crippen molar-refractivity contribution in [3.05, 3.63) is 39.9 Å². The van der Waals surface area contributed by atoms with Crippen molar-refractivity contribution in [3.8, 4) is 0 Å². The highest BCUT2D eigenvalue weighted by atomic mass is 16.6. The van der Waals surface area contributed by atoms with Gasteiger partial charge in [0.1, 0.15) is 5.60 Å². The van der Waals surface area contributed by atoms with Crippen LogP contribution in [-0.2, 0) is 9.53 Å². The van der Waals surface area contributed by atoms with Crippen molar-refractivity contribution < 1.29 is 24.4 Å². The van der Waals surface area contributed by atoms with Crippen LogP contribution in [0.1, 0.15) is 58.1 Å². The quantitative estimate of drug-likeness (QED) is 0.417. The van der Waals surface area contributed by atoms with Crippen LogP contribution in [0.4, 0.5) is 10.5 Å². The Morgan fingerprint density at radius 1 is 1.28 bits per heavy atom. The minimum atomic E-state index is -0.901. The van der Waals surface area contributed by atoms with Crippen molar-refractivity contribution in [2.24, 2.45) is 0 Å². The lowest BCUT2D eigenvalue weighted by molar-refractivity contribution is -0.385. The number of hydrogen-bond donors (Lipinski definition) is 2. The zero-order chi connectivity index (χ0) is 19.0. The molecule has 0 aliphatic rings. The Hall–Kier alpha value is -2.64. The van der Waals surface area contributed by atoms with Gasteiger partial charge in [-0.05, 0) is 33.6 Å². The van der Waals surface area contributed by atoms with Crippen molar-refractivity contribution in [3.63, 3.8) is 0 Å². The maximum Gasteiger partial charge on any atom is 0.408 e. The molecule has 0 fully saturated rings. The van der Waals surface area contributed by atoms with Gasteiger partial charge in [0.25, 0.3) is 5.69 Å². The number of carbonyl (C=O) groups excluding carboxylic acids is 1. The molecule has 1 unspecified atom stereocenters. The van der Waals surface area contributed by atoms with E-state index < -0.39 is 28.6 Å². The van der Waals surface area contributed by atoms with E-state index in [9.17, 15) is 19.7 Å². The zero-order valence-electron chi connectivity index (χ0n) is 14.7. The molecule has 0 aliphatic heterocycles. The van der Waals surface area contributed by atoms with Gasteiger partial charge in [0.15, 0.2) is 0 Å². The van der Waals surface area contributed by atoms with E-state index in [0.29, 0.717) is 24.8 Å². The van der Waals surface area contributed by atoms with Crippen LogP contribution in [0.15, 0.2) is 24.3 Å². The number of para-hydroxylation sites is 1. The van der Waals surface area contributed by atoms with Crippen molar-refractivity contribution in [1.29, 1.82) is 0 Å². The number of amides is 1. The van der Waals surface area contributed by atoms with Crippen LogP contribution in [0.2, 0.25) is 0 Å². The van der Waals surface area contributed by atoms with Crippen LogP contribution in [0, 0.1) is 10.1 Å². The number of ether oxygens (including phenoxy) is 1. The SMILES string of the molecule is CC(C)(C)OC(=O)NC(CCCCC(=O)O)c1ccccc1[N+](=O)[O-]. The van der Waals surface area contributed by atoms with Gasteiger partial charge in [-0.1, -0.05) is 24.6 Å². The summed E-state index contributed by atoms with van der Waals surface area (Å²) in [6.07, 6.45) is 0.628. The fraction of sp³-hybridized carbons (Fsp3) is 0.529. The molecule has 2 N–H and O–H groups in total. The van der Waals surface area contributed by atoms with Gasteiger partial charge < -0.3 is 15.2 Å². The molecule has 25 heavy (non-hydrogen) atoms. The summed E-state index contributed by atoms with van der Waals surface area (Å²) in [5.41, 5.74) is -0.420. The Labute approximate surface area is 146 Å². The van der Waals surface area contributed by atoms with Crippen LogP contribution < -0.4 is 5.32 Å². The highest BCUT2D eigenvalue weighted by Gasteiger charge is 2.25. The predicted molar refractivity (Wildman–Crippen MR) is 91.3 cm³/mol. The van der Waals surface area contributed by atoms with Gasteiger partial charge in [0.05, 0.1) is 16.5 Å². The van der Waals surface area contributed by atoms with Crippen LogP contribution >= 0.6 is 0 Å². The highest BCUT2D eigenvalue weighted by molar-refractivity contribution is 5.69. The molecule has 0 aromatic heterocycles. The number of carbonyl (C=O) groups is 2. The lowest BCUT2D eigenvalue weighted by Crippen LogP contribution is -2.35. The summed E-state index contributed by atoms with van der Waals surface area (Å²) in [4.78, 5) is 33.4. The highest BCUT2D eigenvalue weighted by Crippen LogP contribution is 2.29. The summed E-state index contributed by atoms with van der Waals surface area (Å²) in [5.74, 6) is -0.901. The molecule has 0 saturated carbocycles. The van der Waals surface area contributed by atoms with E-state index in [1.54, 1.807) is 39.0 Å². The molecule has 0 spiro atoms. The third-order valence-electron chi connectivity index (χ3n) is 3.33. The minimum Gasteiger partial charge on any atom is -0.481 e. The summed E-state index contributed by atoms with van der Waals surface area (Å²) in [5, 5.41) is 22.6. The largest absolute Gasteiger partial charge is 0.481 e. The number of alkyl carbamates (subject to hydrolysis) is 1. The smallest absolute Gasteiger partial charge is 0.408 e. The van der Waals surface area contributed by atoms with E-state index >= 15 is 0 Å². The molecule has 138 valence electrons. The van der Waals surface area contributed by atoms with Gasteiger partial charge in [-0.3, -0.25) is 14.9 Å². The number of nitrogens with zero attached hydrogens (tertiary/aromatic N) is 1. The van der Waals surface area contributed by atoms with E-state index in [1.165, 1.54) is 6.07 Å². The van der Waals surface area contributed by atoms with E-state index in [2.05, 4.69) is 5.32 Å². The number of carboxylic acid groups (broad SMARTS) is 1. The maximum atomic E-state index is 12.1. The van der Waals surface area contributed by atoms with Gasteiger partial charge >= 0.3 is 12.1 Å². The van der Waals surface area contributed by atoms with Gasteiger partial charge in [0.2, 0.25) is 0 Å². The topological polar surface area (TPSA) is 119 Å². The minimum absolute atomic E-state index is 0.00996. The predicted octanol–water partition coefficient (Wildman–Crippen LogP) is 3.81. The van der Waals surface area contributed by atoms with Gasteiger partial charge in [-0.15, -0.1) is 0 Å². The Morgan fingerprint density at radius 2 is 1.92 bits per heavy atom. The normalized spacial score (nSPS) is 12.3. The maximum absolute atomic E-state index is 12.1. The van der Waals surface area contributed by atoms with Gasteiger partial charge in [-0.2, -0.15) is 0 Å². The first-order chi connectivity index (χ1) is 11.6. The van der Waals surface area contributed by atoms with Crippen molar-refractivity contribution in [2.75, 3.05) is 0 Å². The first kappa shape index (κ1) is 20.4. The van der Waals surface area contributed by atoms with E-state index in [0.717, 1.165) is 0 Å². The average molecular weight is 352 g/mol. The van der Waals surface area contributed by atoms with Crippen molar-refractivity contribution in [1.82, 2.24) is 5.32 Å². The first-order valence-electron chi connectivity index (χ1n) is 8.05. The molecular weight excluding hydrogens is 328 g/mol. The number of nitro groups is 1. The molecule has 1 aromatic rings. The van der Waals surface area contributed by atoms with Crippen LogP contribution in [0.5, 0.6) is 0 Å². The third-order valence-corrected chi connectivity index (χ3v) is 3.33. The van der Waals surface area contributed by atoms with E-state index in [1.807, 2.05) is 0 Å². The fourth-order valence-electron chi connectivity index (χ4n) is 2.33. The zero-order valence-corrected chi connectivity index (χ0v) is 14.7. The number of hydrogen-bond acceptors (Lipinski definition) is 5. The van der Waals surface area contributed by atoms with Crippen molar-refractivity contribution in [2.45, 2.75) is 58.1 Å². The number of unbranched alkanes of at least 4 members (excludes halogenated alkanes) is 1. The number of aliphatic carboxylic acids is 1. The average Bonchev–Trinajstić information content (AvgIpc) is 2.48. The molecule has 0 aliphatic carbocycles. The Morgan fingerprint density at radius 3 is 2.48 bits per heavy atom. The molecule has 8 nitrogen and oxygen atoms in total. The summed E-state index contributed by atoms with van der Waals surface area (Å²) in [6.45, 7) is 5.16. The number of nitrogens with one attached hydrogen (secondary N) is 1. The van der Waals surface area contributed by atoms with Gasteiger partial charge in [-0.25, -0.2) is 4.79 Å². The monoisotopic (exact) mass is 352 g/mol. The van der Waals surface area contributed by atoms with Gasteiger partial charge in [0, 0.05) is 12.5 Å². The summed E-state index contributed by atoms with van der Waals surface area (Å²) in [7, 11) is 0. The van der Waals surface area contributed by atoms with Crippen LogP contribution in [0.25, 0.3) is 0 Å². The summed E-state index contributed by atoms with van der Waals surface area (Å²) >= 11 is 0.